The maximum absolute atomic E-state index is 14.0. The normalized spacial score (nSPS) is 11.2. The van der Waals surface area contributed by atoms with Crippen LogP contribution in [0.3, 0.4) is 0 Å². The van der Waals surface area contributed by atoms with Gasteiger partial charge in [-0.1, -0.05) is 0 Å². The van der Waals surface area contributed by atoms with E-state index >= 15 is 0 Å². The van der Waals surface area contributed by atoms with Gasteiger partial charge in [0, 0.05) is 10.7 Å². The summed E-state index contributed by atoms with van der Waals surface area (Å²) in [6, 6.07) is 5.40. The molecule has 0 unspecified atom stereocenters. The average Bonchev–Trinajstić information content (AvgIpc) is 2.73. The third kappa shape index (κ3) is 2.04. The summed E-state index contributed by atoms with van der Waals surface area (Å²) >= 11 is 3.20. The monoisotopic (exact) mass is 319 g/mol. The van der Waals surface area contributed by atoms with Crippen molar-refractivity contribution in [1.29, 1.82) is 0 Å². The lowest BCUT2D eigenvalue weighted by Gasteiger charge is -2.06. The summed E-state index contributed by atoms with van der Waals surface area (Å²) < 4.78 is 16.3. The van der Waals surface area contributed by atoms with E-state index in [0.717, 1.165) is 16.6 Å². The molecule has 0 bridgehead atoms. The molecule has 0 spiro atoms. The molecule has 96 valence electrons. The van der Waals surface area contributed by atoms with Gasteiger partial charge >= 0.3 is 0 Å². The lowest BCUT2D eigenvalue weighted by Crippen LogP contribution is -2.00. The summed E-state index contributed by atoms with van der Waals surface area (Å²) in [6.07, 6.45) is 3.17. The van der Waals surface area contributed by atoms with Gasteiger partial charge in [-0.25, -0.2) is 14.4 Å². The van der Waals surface area contributed by atoms with Crippen molar-refractivity contribution in [3.8, 4) is 5.82 Å². The third-order valence-electron chi connectivity index (χ3n) is 3.18. The number of hydrogen-bond acceptors (Lipinski definition) is 2. The number of aryl methyl sites for hydroxylation is 2. The van der Waals surface area contributed by atoms with Gasteiger partial charge in [-0.15, -0.1) is 0 Å². The van der Waals surface area contributed by atoms with Gasteiger partial charge in [0.25, 0.3) is 0 Å². The fraction of sp³-hybridized carbons (Fsp3) is 0.143. The Bertz CT molecular complexity index is 780. The number of imidazole rings is 1. The van der Waals surface area contributed by atoms with E-state index in [9.17, 15) is 4.39 Å². The summed E-state index contributed by atoms with van der Waals surface area (Å²) in [5.74, 6) is -0.124. The van der Waals surface area contributed by atoms with Crippen LogP contribution in [0.15, 0.2) is 35.2 Å². The molecular weight excluding hydrogens is 309 g/mol. The number of rotatable bonds is 1. The van der Waals surface area contributed by atoms with E-state index in [1.165, 1.54) is 11.6 Å². The largest absolute Gasteiger partial charge is 0.280 e. The first-order valence-electron chi connectivity index (χ1n) is 5.82. The molecule has 0 aliphatic heterocycles. The van der Waals surface area contributed by atoms with Crippen LogP contribution in [0.1, 0.15) is 11.1 Å². The molecule has 5 heteroatoms. The molecule has 3 nitrogen and oxygen atoms in total. The number of benzene rings is 1. The summed E-state index contributed by atoms with van der Waals surface area (Å²) in [4.78, 5) is 8.43. The van der Waals surface area contributed by atoms with Crippen LogP contribution in [0.2, 0.25) is 0 Å². The molecule has 0 saturated heterocycles. The van der Waals surface area contributed by atoms with E-state index in [-0.39, 0.29) is 11.6 Å². The predicted octanol–water partition coefficient (Wildman–Crippen LogP) is 3.94. The number of halogens is 2. The maximum atomic E-state index is 14.0. The van der Waals surface area contributed by atoms with Crippen LogP contribution in [0.25, 0.3) is 16.9 Å². The standard InChI is InChI=1S/C14H11BrFN3/c1-8-3-12-13(4-9(8)2)19(7-18-12)14-11(16)5-10(15)6-17-14/h3-7H,1-2H3. The van der Waals surface area contributed by atoms with E-state index in [0.29, 0.717) is 4.47 Å². The molecule has 0 N–H and O–H groups in total. The van der Waals surface area contributed by atoms with Crippen LogP contribution in [-0.4, -0.2) is 14.5 Å². The van der Waals surface area contributed by atoms with Gasteiger partial charge in [0.2, 0.25) is 0 Å². The zero-order chi connectivity index (χ0) is 13.6. The summed E-state index contributed by atoms with van der Waals surface area (Å²) in [6.45, 7) is 4.06. The number of nitrogens with zero attached hydrogens (tertiary/aromatic N) is 3. The van der Waals surface area contributed by atoms with Crippen molar-refractivity contribution < 1.29 is 4.39 Å². The molecule has 3 rings (SSSR count). The van der Waals surface area contributed by atoms with Crippen LogP contribution < -0.4 is 0 Å². The van der Waals surface area contributed by atoms with Gasteiger partial charge in [0.05, 0.1) is 11.0 Å². The lowest BCUT2D eigenvalue weighted by atomic mass is 10.1. The molecule has 0 atom stereocenters. The predicted molar refractivity (Wildman–Crippen MR) is 76.0 cm³/mol. The minimum atomic E-state index is -0.382. The van der Waals surface area contributed by atoms with Crippen LogP contribution >= 0.6 is 15.9 Å². The molecule has 2 heterocycles. The molecule has 0 aliphatic carbocycles. The highest BCUT2D eigenvalue weighted by atomic mass is 79.9. The van der Waals surface area contributed by atoms with Crippen molar-refractivity contribution in [1.82, 2.24) is 14.5 Å². The topological polar surface area (TPSA) is 30.7 Å². The second-order valence-electron chi connectivity index (χ2n) is 4.50. The van der Waals surface area contributed by atoms with Crippen LogP contribution in [0, 0.1) is 19.7 Å². The second kappa shape index (κ2) is 4.42. The Morgan fingerprint density at radius 2 is 1.84 bits per heavy atom. The number of pyridine rings is 1. The minimum Gasteiger partial charge on any atom is -0.280 e. The first-order chi connectivity index (χ1) is 9.06. The molecule has 3 aromatic rings. The molecule has 0 aliphatic rings. The number of aromatic nitrogens is 3. The summed E-state index contributed by atoms with van der Waals surface area (Å²) in [5, 5.41) is 0. The average molecular weight is 320 g/mol. The number of hydrogen-bond donors (Lipinski definition) is 0. The van der Waals surface area contributed by atoms with Crippen LogP contribution in [0.5, 0.6) is 0 Å². The van der Waals surface area contributed by atoms with E-state index in [1.807, 2.05) is 26.0 Å². The highest BCUT2D eigenvalue weighted by Gasteiger charge is 2.11. The maximum Gasteiger partial charge on any atom is 0.174 e. The highest BCUT2D eigenvalue weighted by molar-refractivity contribution is 9.10. The number of fused-ring (bicyclic) bond motifs is 1. The Morgan fingerprint density at radius 1 is 1.11 bits per heavy atom. The Balaban J connectivity index is 2.28. The highest BCUT2D eigenvalue weighted by Crippen LogP contribution is 2.23. The Labute approximate surface area is 118 Å². The van der Waals surface area contributed by atoms with Crippen molar-refractivity contribution in [3.63, 3.8) is 0 Å². The zero-order valence-corrected chi connectivity index (χ0v) is 12.1. The molecule has 2 aromatic heterocycles. The first kappa shape index (κ1) is 12.3. The molecule has 0 amide bonds. The van der Waals surface area contributed by atoms with E-state index < -0.39 is 0 Å². The van der Waals surface area contributed by atoms with Gasteiger partial charge in [0.15, 0.2) is 11.6 Å². The van der Waals surface area contributed by atoms with E-state index in [2.05, 4.69) is 25.9 Å². The fourth-order valence-electron chi connectivity index (χ4n) is 2.02. The Morgan fingerprint density at radius 3 is 2.58 bits per heavy atom. The third-order valence-corrected chi connectivity index (χ3v) is 3.61. The summed E-state index contributed by atoms with van der Waals surface area (Å²) in [7, 11) is 0. The van der Waals surface area contributed by atoms with Gasteiger partial charge in [-0.05, 0) is 59.1 Å². The van der Waals surface area contributed by atoms with Crippen LogP contribution in [-0.2, 0) is 0 Å². The van der Waals surface area contributed by atoms with E-state index in [4.69, 9.17) is 0 Å². The Kier molecular flexibility index (Phi) is 2.86. The van der Waals surface area contributed by atoms with Crippen molar-refractivity contribution in [2.24, 2.45) is 0 Å². The second-order valence-corrected chi connectivity index (χ2v) is 5.41. The molecular formula is C14H11BrFN3. The first-order valence-corrected chi connectivity index (χ1v) is 6.61. The Hall–Kier alpha value is -1.75. The zero-order valence-electron chi connectivity index (χ0n) is 10.5. The van der Waals surface area contributed by atoms with Crippen molar-refractivity contribution in [2.75, 3.05) is 0 Å². The molecule has 19 heavy (non-hydrogen) atoms. The quantitative estimate of drug-likeness (QED) is 0.680. The van der Waals surface area contributed by atoms with Gasteiger partial charge < -0.3 is 0 Å². The minimum absolute atomic E-state index is 0.258. The van der Waals surface area contributed by atoms with Crippen molar-refractivity contribution >= 4 is 27.0 Å². The van der Waals surface area contributed by atoms with Gasteiger partial charge in [-0.2, -0.15) is 0 Å². The van der Waals surface area contributed by atoms with Crippen molar-refractivity contribution in [3.05, 3.63) is 52.1 Å². The SMILES string of the molecule is Cc1cc2ncn(-c3ncc(Br)cc3F)c2cc1C. The van der Waals surface area contributed by atoms with Crippen molar-refractivity contribution in [2.45, 2.75) is 13.8 Å². The lowest BCUT2D eigenvalue weighted by molar-refractivity contribution is 0.610. The molecule has 0 radical (unpaired) electrons. The van der Waals surface area contributed by atoms with Gasteiger partial charge in [-0.3, -0.25) is 4.57 Å². The smallest absolute Gasteiger partial charge is 0.174 e. The van der Waals surface area contributed by atoms with Crippen LogP contribution in [0.4, 0.5) is 4.39 Å². The van der Waals surface area contributed by atoms with E-state index in [1.54, 1.807) is 17.1 Å². The fourth-order valence-corrected chi connectivity index (χ4v) is 2.32. The molecule has 1 aromatic carbocycles. The summed E-state index contributed by atoms with van der Waals surface area (Å²) in [5.41, 5.74) is 4.01. The van der Waals surface area contributed by atoms with Gasteiger partial charge in [0.1, 0.15) is 6.33 Å². The molecule has 0 fully saturated rings. The molecule has 0 saturated carbocycles.